The second-order valence-corrected chi connectivity index (χ2v) is 5.65. The molecule has 20 heavy (non-hydrogen) atoms. The number of rotatable bonds is 5. The molecule has 0 aliphatic carbocycles. The third-order valence-electron chi connectivity index (χ3n) is 3.13. The number of nitro benzene ring substituents is 1. The van der Waals surface area contributed by atoms with Crippen LogP contribution in [0.15, 0.2) is 18.2 Å². The molecule has 1 unspecified atom stereocenters. The summed E-state index contributed by atoms with van der Waals surface area (Å²) in [6, 6.07) is 6.29. The summed E-state index contributed by atoms with van der Waals surface area (Å²) in [5, 5.41) is 32.3. The first-order chi connectivity index (χ1) is 9.31. The summed E-state index contributed by atoms with van der Waals surface area (Å²) in [6.07, 6.45) is 0.470. The van der Waals surface area contributed by atoms with Crippen molar-refractivity contribution in [2.45, 2.75) is 33.2 Å². The third-order valence-corrected chi connectivity index (χ3v) is 3.13. The van der Waals surface area contributed by atoms with Gasteiger partial charge in [0, 0.05) is 12.6 Å². The maximum atomic E-state index is 11.2. The van der Waals surface area contributed by atoms with E-state index in [1.165, 1.54) is 6.07 Å². The molecule has 6 nitrogen and oxygen atoms in total. The van der Waals surface area contributed by atoms with E-state index in [4.69, 9.17) is 10.4 Å². The Labute approximate surface area is 118 Å². The quantitative estimate of drug-likeness (QED) is 0.636. The minimum Gasteiger partial charge on any atom is -0.396 e. The molecule has 0 radical (unpaired) electrons. The van der Waals surface area contributed by atoms with Gasteiger partial charge in [-0.2, -0.15) is 5.26 Å². The third kappa shape index (κ3) is 3.68. The number of anilines is 1. The topological polar surface area (TPSA) is 99.2 Å². The lowest BCUT2D eigenvalue weighted by Crippen LogP contribution is -2.35. The number of nitrogens with zero attached hydrogens (tertiary/aromatic N) is 2. The fourth-order valence-electron chi connectivity index (χ4n) is 1.99. The first kappa shape index (κ1) is 15.9. The molecular formula is C14H19N3O3. The molecule has 2 N–H and O–H groups in total. The lowest BCUT2D eigenvalue weighted by molar-refractivity contribution is -0.384. The highest BCUT2D eigenvalue weighted by Gasteiger charge is 2.27. The normalized spacial score (nSPS) is 12.6. The number of para-hydroxylation sites is 1. The van der Waals surface area contributed by atoms with E-state index in [9.17, 15) is 10.1 Å². The molecule has 0 spiro atoms. The Morgan fingerprint density at radius 1 is 1.50 bits per heavy atom. The van der Waals surface area contributed by atoms with E-state index in [2.05, 4.69) is 5.32 Å². The Bertz CT molecular complexity index is 529. The fraction of sp³-hybridized carbons (Fsp3) is 0.500. The van der Waals surface area contributed by atoms with Crippen LogP contribution in [0.25, 0.3) is 0 Å². The van der Waals surface area contributed by atoms with Crippen molar-refractivity contribution in [2.24, 2.45) is 5.41 Å². The van der Waals surface area contributed by atoms with Gasteiger partial charge in [-0.15, -0.1) is 0 Å². The molecule has 0 heterocycles. The maximum Gasteiger partial charge on any atom is 0.309 e. The van der Waals surface area contributed by atoms with Crippen LogP contribution < -0.4 is 5.32 Å². The maximum absolute atomic E-state index is 11.2. The molecule has 1 aromatic rings. The number of hydrogen-bond acceptors (Lipinski definition) is 5. The van der Waals surface area contributed by atoms with Crippen LogP contribution in [0.1, 0.15) is 32.8 Å². The summed E-state index contributed by atoms with van der Waals surface area (Å²) >= 11 is 0. The molecular weight excluding hydrogens is 258 g/mol. The summed E-state index contributed by atoms with van der Waals surface area (Å²) in [5.41, 5.74) is -0.0690. The average Bonchev–Trinajstić information content (AvgIpc) is 2.36. The Morgan fingerprint density at radius 2 is 2.15 bits per heavy atom. The predicted octanol–water partition coefficient (Wildman–Crippen LogP) is 2.68. The zero-order valence-electron chi connectivity index (χ0n) is 11.9. The average molecular weight is 277 g/mol. The van der Waals surface area contributed by atoms with Gasteiger partial charge in [-0.1, -0.05) is 26.8 Å². The van der Waals surface area contributed by atoms with Crippen LogP contribution in [0.2, 0.25) is 0 Å². The van der Waals surface area contributed by atoms with E-state index in [0.717, 1.165) is 0 Å². The van der Waals surface area contributed by atoms with Gasteiger partial charge in [0.25, 0.3) is 0 Å². The molecule has 108 valence electrons. The van der Waals surface area contributed by atoms with Crippen molar-refractivity contribution in [3.63, 3.8) is 0 Å². The highest BCUT2D eigenvalue weighted by Crippen LogP contribution is 2.32. The van der Waals surface area contributed by atoms with Crippen LogP contribution in [-0.2, 0) is 0 Å². The van der Waals surface area contributed by atoms with Gasteiger partial charge < -0.3 is 10.4 Å². The van der Waals surface area contributed by atoms with Gasteiger partial charge in [0.05, 0.1) is 4.92 Å². The number of benzene rings is 1. The van der Waals surface area contributed by atoms with Crippen molar-refractivity contribution in [2.75, 3.05) is 11.9 Å². The van der Waals surface area contributed by atoms with Crippen molar-refractivity contribution >= 4 is 11.4 Å². The number of nitriles is 1. The monoisotopic (exact) mass is 277 g/mol. The van der Waals surface area contributed by atoms with Crippen LogP contribution >= 0.6 is 0 Å². The number of nitrogens with one attached hydrogen (secondary N) is 1. The number of aliphatic hydroxyl groups excluding tert-OH is 1. The van der Waals surface area contributed by atoms with Gasteiger partial charge in [-0.3, -0.25) is 10.1 Å². The van der Waals surface area contributed by atoms with E-state index in [1.54, 1.807) is 12.1 Å². The SMILES string of the molecule is CC(C)(C)C(CCO)Nc1cccc(C#N)c1[N+](=O)[O-]. The Balaban J connectivity index is 3.20. The van der Waals surface area contributed by atoms with Crippen molar-refractivity contribution in [1.82, 2.24) is 0 Å². The van der Waals surface area contributed by atoms with Crippen molar-refractivity contribution < 1.29 is 10.0 Å². The Kier molecular flexibility index (Phi) is 5.06. The molecule has 0 saturated heterocycles. The molecule has 1 aromatic carbocycles. The molecule has 0 aliphatic heterocycles. The van der Waals surface area contributed by atoms with Crippen molar-refractivity contribution in [3.8, 4) is 6.07 Å². The van der Waals surface area contributed by atoms with Crippen LogP contribution in [0.4, 0.5) is 11.4 Å². The number of nitro groups is 1. The van der Waals surface area contributed by atoms with E-state index in [1.807, 2.05) is 26.8 Å². The summed E-state index contributed by atoms with van der Waals surface area (Å²) < 4.78 is 0. The fourth-order valence-corrected chi connectivity index (χ4v) is 1.99. The second kappa shape index (κ2) is 6.35. The second-order valence-electron chi connectivity index (χ2n) is 5.65. The largest absolute Gasteiger partial charge is 0.396 e. The standard InChI is InChI=1S/C14H19N3O3/c1-14(2,3)12(7-8-18)16-11-6-4-5-10(9-15)13(11)17(19)20/h4-6,12,16,18H,7-8H2,1-3H3. The molecule has 1 atom stereocenters. The minimum absolute atomic E-state index is 0.0132. The Morgan fingerprint density at radius 3 is 2.60 bits per heavy atom. The first-order valence-corrected chi connectivity index (χ1v) is 6.36. The molecule has 0 bridgehead atoms. The van der Waals surface area contributed by atoms with Gasteiger partial charge in [-0.25, -0.2) is 0 Å². The molecule has 0 aromatic heterocycles. The summed E-state index contributed by atoms with van der Waals surface area (Å²) in [4.78, 5) is 10.6. The van der Waals surface area contributed by atoms with Crippen LogP contribution in [-0.4, -0.2) is 22.7 Å². The van der Waals surface area contributed by atoms with Crippen LogP contribution in [0.3, 0.4) is 0 Å². The van der Waals surface area contributed by atoms with Crippen molar-refractivity contribution in [1.29, 1.82) is 5.26 Å². The summed E-state index contributed by atoms with van der Waals surface area (Å²) in [7, 11) is 0. The Hall–Kier alpha value is -2.13. The zero-order chi connectivity index (χ0) is 15.3. The van der Waals surface area contributed by atoms with Gasteiger partial charge in [0.2, 0.25) is 0 Å². The predicted molar refractivity (Wildman–Crippen MR) is 76.4 cm³/mol. The molecule has 0 amide bonds. The van der Waals surface area contributed by atoms with E-state index in [0.29, 0.717) is 12.1 Å². The van der Waals surface area contributed by atoms with E-state index >= 15 is 0 Å². The van der Waals surface area contributed by atoms with Gasteiger partial charge in [0.1, 0.15) is 17.3 Å². The number of aliphatic hydroxyl groups is 1. The van der Waals surface area contributed by atoms with E-state index < -0.39 is 4.92 Å². The van der Waals surface area contributed by atoms with Gasteiger partial charge >= 0.3 is 5.69 Å². The number of hydrogen-bond donors (Lipinski definition) is 2. The summed E-state index contributed by atoms with van der Waals surface area (Å²) in [5.74, 6) is 0. The lowest BCUT2D eigenvalue weighted by atomic mass is 9.84. The molecule has 6 heteroatoms. The van der Waals surface area contributed by atoms with Crippen LogP contribution in [0, 0.1) is 26.9 Å². The highest BCUT2D eigenvalue weighted by atomic mass is 16.6. The first-order valence-electron chi connectivity index (χ1n) is 6.36. The van der Waals surface area contributed by atoms with Crippen LogP contribution in [0.5, 0.6) is 0 Å². The molecule has 0 aliphatic rings. The van der Waals surface area contributed by atoms with Gasteiger partial charge in [0.15, 0.2) is 0 Å². The molecule has 0 fully saturated rings. The van der Waals surface area contributed by atoms with Crippen molar-refractivity contribution in [3.05, 3.63) is 33.9 Å². The summed E-state index contributed by atoms with van der Waals surface area (Å²) in [6.45, 7) is 5.95. The zero-order valence-corrected chi connectivity index (χ0v) is 11.9. The van der Waals surface area contributed by atoms with Gasteiger partial charge in [-0.05, 0) is 24.0 Å². The highest BCUT2D eigenvalue weighted by molar-refractivity contribution is 5.68. The lowest BCUT2D eigenvalue weighted by Gasteiger charge is -2.31. The minimum atomic E-state index is -0.556. The van der Waals surface area contributed by atoms with E-state index in [-0.39, 0.29) is 29.3 Å². The molecule has 0 saturated carbocycles. The molecule has 1 rings (SSSR count). The smallest absolute Gasteiger partial charge is 0.309 e.